The van der Waals surface area contributed by atoms with Crippen LogP contribution in [0.4, 0.5) is 4.79 Å². The van der Waals surface area contributed by atoms with Gasteiger partial charge in [0.2, 0.25) is 0 Å². The normalized spacial score (nSPS) is 20.2. The van der Waals surface area contributed by atoms with Crippen LogP contribution in [0.1, 0.15) is 58.8 Å². The first-order valence-corrected chi connectivity index (χ1v) is 10.1. The highest BCUT2D eigenvalue weighted by Gasteiger charge is 2.33. The Labute approximate surface area is 180 Å². The van der Waals surface area contributed by atoms with Crippen molar-refractivity contribution in [1.29, 1.82) is 0 Å². The molecule has 2 fully saturated rings. The van der Waals surface area contributed by atoms with Gasteiger partial charge in [-0.1, -0.05) is 12.8 Å². The second-order valence-electron chi connectivity index (χ2n) is 7.46. The molecule has 8 heteroatoms. The number of nitrogens with two attached hydrogens (primary N) is 1. The molecule has 2 rings (SSSR count). The van der Waals surface area contributed by atoms with Crippen LogP contribution in [-0.2, 0) is 9.47 Å². The second kappa shape index (κ2) is 12.6. The predicted octanol–water partition coefficient (Wildman–Crippen LogP) is 3.12. The third-order valence-electron chi connectivity index (χ3n) is 5.60. The topological polar surface area (TPSA) is 89.2 Å². The zero-order valence-corrected chi connectivity index (χ0v) is 19.2. The number of likely N-dealkylation sites (tertiary alicyclic amines) is 1. The van der Waals surface area contributed by atoms with Crippen molar-refractivity contribution in [3.63, 3.8) is 0 Å². The molecule has 3 N–H and O–H groups in total. The minimum absolute atomic E-state index is 0. The zero-order chi connectivity index (χ0) is 18.8. The molecule has 1 aliphatic carbocycles. The van der Waals surface area contributed by atoms with E-state index in [1.807, 2.05) is 13.8 Å². The number of aliphatic imine (C=N–C) groups is 1. The van der Waals surface area contributed by atoms with Crippen LogP contribution in [0, 0.1) is 5.41 Å². The number of nitrogens with zero attached hydrogens (tertiary/aromatic N) is 2. The number of rotatable bonds is 8. The fraction of sp³-hybridized carbons (Fsp3) is 0.895. The smallest absolute Gasteiger partial charge is 0.409 e. The standard InChI is InChI=1S/C19H36N4O3.HI/c1-3-25-14-11-19(9-5-6-10-19)15-21-17(20)22-16-7-12-23(13-8-16)18(24)26-4-2;/h16H,3-15H2,1-2H3,(H3,20,21,22);1H. The minimum Gasteiger partial charge on any atom is -0.450 e. The lowest BCUT2D eigenvalue weighted by molar-refractivity contribution is 0.0962. The summed E-state index contributed by atoms with van der Waals surface area (Å²) in [7, 11) is 0. The monoisotopic (exact) mass is 496 g/mol. The summed E-state index contributed by atoms with van der Waals surface area (Å²) in [6.45, 7) is 8.04. The van der Waals surface area contributed by atoms with E-state index in [1.165, 1.54) is 25.7 Å². The fourth-order valence-electron chi connectivity index (χ4n) is 3.97. The lowest BCUT2D eigenvalue weighted by Crippen LogP contribution is -2.48. The van der Waals surface area contributed by atoms with Crippen molar-refractivity contribution in [3.05, 3.63) is 0 Å². The second-order valence-corrected chi connectivity index (χ2v) is 7.46. The van der Waals surface area contributed by atoms with Gasteiger partial charge in [0.05, 0.1) is 6.61 Å². The third-order valence-corrected chi connectivity index (χ3v) is 5.60. The Bertz CT molecular complexity index is 462. The molecular weight excluding hydrogens is 459 g/mol. The van der Waals surface area contributed by atoms with Gasteiger partial charge in [-0.3, -0.25) is 4.99 Å². The summed E-state index contributed by atoms with van der Waals surface area (Å²) in [5.41, 5.74) is 6.40. The first kappa shape index (κ1) is 24.3. The van der Waals surface area contributed by atoms with Gasteiger partial charge >= 0.3 is 6.09 Å². The summed E-state index contributed by atoms with van der Waals surface area (Å²) in [5.74, 6) is 0.530. The molecule has 0 aromatic heterocycles. The first-order valence-electron chi connectivity index (χ1n) is 10.1. The van der Waals surface area contributed by atoms with E-state index in [-0.39, 0.29) is 41.5 Å². The SMILES string of the molecule is CCOCCC1(CN=C(N)NC2CCN(C(=O)OCC)CC2)CCCC1.I. The van der Waals surface area contributed by atoms with Crippen molar-refractivity contribution >= 4 is 36.0 Å². The van der Waals surface area contributed by atoms with E-state index in [9.17, 15) is 4.79 Å². The van der Waals surface area contributed by atoms with Gasteiger partial charge in [0.15, 0.2) is 5.96 Å². The van der Waals surface area contributed by atoms with Gasteiger partial charge in [-0.25, -0.2) is 4.79 Å². The predicted molar refractivity (Wildman–Crippen MR) is 119 cm³/mol. The van der Waals surface area contributed by atoms with Crippen LogP contribution in [0.25, 0.3) is 0 Å². The number of amides is 1. The van der Waals surface area contributed by atoms with Gasteiger partial charge in [-0.15, -0.1) is 24.0 Å². The van der Waals surface area contributed by atoms with E-state index >= 15 is 0 Å². The number of guanidine groups is 1. The van der Waals surface area contributed by atoms with Crippen molar-refractivity contribution in [2.45, 2.75) is 64.8 Å². The van der Waals surface area contributed by atoms with Crippen molar-refractivity contribution < 1.29 is 14.3 Å². The highest BCUT2D eigenvalue weighted by atomic mass is 127. The average Bonchev–Trinajstić information content (AvgIpc) is 3.10. The van der Waals surface area contributed by atoms with E-state index in [1.54, 1.807) is 4.90 Å². The molecule has 0 bridgehead atoms. The molecule has 1 saturated heterocycles. The van der Waals surface area contributed by atoms with Gasteiger partial charge in [-0.2, -0.15) is 0 Å². The van der Waals surface area contributed by atoms with Crippen molar-refractivity contribution in [3.8, 4) is 0 Å². The molecule has 0 radical (unpaired) electrons. The summed E-state index contributed by atoms with van der Waals surface area (Å²) in [6.07, 6.45) is 7.57. The number of nitrogens with one attached hydrogen (secondary N) is 1. The van der Waals surface area contributed by atoms with Gasteiger partial charge < -0.3 is 25.4 Å². The van der Waals surface area contributed by atoms with E-state index in [4.69, 9.17) is 15.2 Å². The first-order chi connectivity index (χ1) is 12.6. The molecule has 1 saturated carbocycles. The van der Waals surface area contributed by atoms with Crippen LogP contribution in [-0.4, -0.2) is 62.4 Å². The van der Waals surface area contributed by atoms with Crippen LogP contribution >= 0.6 is 24.0 Å². The molecule has 1 amide bonds. The number of halogens is 1. The third kappa shape index (κ3) is 8.01. The quantitative estimate of drug-likeness (QED) is 0.233. The maximum absolute atomic E-state index is 11.7. The molecule has 0 unspecified atom stereocenters. The molecule has 2 aliphatic rings. The van der Waals surface area contributed by atoms with Crippen molar-refractivity contribution in [2.24, 2.45) is 16.1 Å². The Kier molecular flexibility index (Phi) is 11.4. The molecule has 0 spiro atoms. The van der Waals surface area contributed by atoms with E-state index in [0.717, 1.165) is 39.0 Å². The number of ether oxygens (including phenoxy) is 2. The Morgan fingerprint density at radius 2 is 1.89 bits per heavy atom. The number of hydrogen-bond acceptors (Lipinski definition) is 4. The Morgan fingerprint density at radius 1 is 1.22 bits per heavy atom. The van der Waals surface area contributed by atoms with E-state index in [0.29, 0.717) is 25.7 Å². The van der Waals surface area contributed by atoms with E-state index < -0.39 is 0 Å². The Balaban J connectivity index is 0.00000364. The Hall–Kier alpha value is -0.770. The zero-order valence-electron chi connectivity index (χ0n) is 16.9. The van der Waals surface area contributed by atoms with Crippen molar-refractivity contribution in [1.82, 2.24) is 10.2 Å². The lowest BCUT2D eigenvalue weighted by atomic mass is 9.83. The van der Waals surface area contributed by atoms with Crippen molar-refractivity contribution in [2.75, 3.05) is 39.5 Å². The number of piperidine rings is 1. The van der Waals surface area contributed by atoms with Gasteiger partial charge in [0.25, 0.3) is 0 Å². The molecule has 1 aliphatic heterocycles. The number of carbonyl (C=O) groups excluding carboxylic acids is 1. The van der Waals surface area contributed by atoms with E-state index in [2.05, 4.69) is 10.3 Å². The number of hydrogen-bond donors (Lipinski definition) is 2. The largest absolute Gasteiger partial charge is 0.450 e. The van der Waals surface area contributed by atoms with Gasteiger partial charge in [0.1, 0.15) is 0 Å². The average molecular weight is 496 g/mol. The van der Waals surface area contributed by atoms with Gasteiger partial charge in [0, 0.05) is 38.9 Å². The molecule has 0 aromatic rings. The minimum atomic E-state index is -0.218. The maximum Gasteiger partial charge on any atom is 0.409 e. The summed E-state index contributed by atoms with van der Waals surface area (Å²) >= 11 is 0. The van der Waals surface area contributed by atoms with Crippen LogP contribution in [0.3, 0.4) is 0 Å². The molecule has 0 atom stereocenters. The molecule has 158 valence electrons. The lowest BCUT2D eigenvalue weighted by Gasteiger charge is -2.32. The highest BCUT2D eigenvalue weighted by Crippen LogP contribution is 2.41. The fourth-order valence-corrected chi connectivity index (χ4v) is 3.97. The molecule has 27 heavy (non-hydrogen) atoms. The highest BCUT2D eigenvalue weighted by molar-refractivity contribution is 14.0. The van der Waals surface area contributed by atoms with Gasteiger partial charge in [-0.05, 0) is 51.4 Å². The summed E-state index contributed by atoms with van der Waals surface area (Å²) in [6, 6.07) is 0.271. The summed E-state index contributed by atoms with van der Waals surface area (Å²) in [5, 5.41) is 3.34. The van der Waals surface area contributed by atoms with Crippen LogP contribution in [0.5, 0.6) is 0 Å². The summed E-state index contributed by atoms with van der Waals surface area (Å²) < 4.78 is 10.6. The Morgan fingerprint density at radius 3 is 2.48 bits per heavy atom. The molecule has 0 aromatic carbocycles. The molecular formula is C19H37IN4O3. The molecule has 1 heterocycles. The number of carbonyl (C=O) groups is 1. The summed E-state index contributed by atoms with van der Waals surface area (Å²) in [4.78, 5) is 18.2. The maximum atomic E-state index is 11.7. The molecule has 7 nitrogen and oxygen atoms in total. The van der Waals surface area contributed by atoms with Crippen LogP contribution < -0.4 is 11.1 Å². The van der Waals surface area contributed by atoms with Crippen LogP contribution in [0.15, 0.2) is 4.99 Å². The van der Waals surface area contributed by atoms with Crippen LogP contribution in [0.2, 0.25) is 0 Å².